The van der Waals surface area contributed by atoms with Crippen LogP contribution in [0.25, 0.3) is 0 Å². The van der Waals surface area contributed by atoms with Crippen LogP contribution in [0.3, 0.4) is 0 Å². The highest BCUT2D eigenvalue weighted by Gasteiger charge is 2.17. The van der Waals surface area contributed by atoms with E-state index in [2.05, 4.69) is 23.8 Å². The predicted octanol–water partition coefficient (Wildman–Crippen LogP) is 0.338. The van der Waals surface area contributed by atoms with Crippen LogP contribution in [0, 0.1) is 5.41 Å². The summed E-state index contributed by atoms with van der Waals surface area (Å²) in [6, 6.07) is 0.416. The van der Waals surface area contributed by atoms with Crippen LogP contribution in [-0.4, -0.2) is 54.9 Å². The summed E-state index contributed by atoms with van der Waals surface area (Å²) < 4.78 is 0. The summed E-state index contributed by atoms with van der Waals surface area (Å²) in [6.07, 6.45) is 1.92. The van der Waals surface area contributed by atoms with Crippen molar-refractivity contribution >= 4 is 5.84 Å². The summed E-state index contributed by atoms with van der Waals surface area (Å²) in [5.74, 6) is 0.301. The zero-order valence-corrected chi connectivity index (χ0v) is 9.29. The molecule has 0 spiro atoms. The number of likely N-dealkylation sites (N-methyl/N-ethyl adjacent to an activating group) is 1. The van der Waals surface area contributed by atoms with Gasteiger partial charge in [-0.15, -0.1) is 0 Å². The molecule has 0 aromatic rings. The monoisotopic (exact) mass is 198 g/mol. The molecule has 0 amide bonds. The molecule has 1 aliphatic rings. The molecular weight excluding hydrogens is 176 g/mol. The average molecular weight is 198 g/mol. The molecule has 1 heterocycles. The van der Waals surface area contributed by atoms with E-state index in [1.54, 1.807) is 0 Å². The Bertz CT molecular complexity index is 193. The van der Waals surface area contributed by atoms with Gasteiger partial charge in [0.05, 0.1) is 5.84 Å². The molecule has 1 unspecified atom stereocenters. The zero-order chi connectivity index (χ0) is 10.6. The second kappa shape index (κ2) is 5.32. The van der Waals surface area contributed by atoms with E-state index >= 15 is 0 Å². The third kappa shape index (κ3) is 3.64. The van der Waals surface area contributed by atoms with Crippen LogP contribution in [0.2, 0.25) is 0 Å². The van der Waals surface area contributed by atoms with Crippen molar-refractivity contribution in [2.24, 2.45) is 5.73 Å². The highest BCUT2D eigenvalue weighted by Crippen LogP contribution is 2.08. The number of amidine groups is 1. The van der Waals surface area contributed by atoms with Crippen molar-refractivity contribution in [3.8, 4) is 0 Å². The lowest BCUT2D eigenvalue weighted by atomic mass is 10.2. The van der Waals surface area contributed by atoms with Gasteiger partial charge in [-0.1, -0.05) is 0 Å². The fraction of sp³-hybridized carbons (Fsp3) is 0.900. The van der Waals surface area contributed by atoms with Crippen LogP contribution in [0.1, 0.15) is 19.8 Å². The van der Waals surface area contributed by atoms with E-state index in [-0.39, 0.29) is 0 Å². The van der Waals surface area contributed by atoms with Crippen molar-refractivity contribution in [2.75, 3.05) is 33.2 Å². The Balaban J connectivity index is 2.38. The van der Waals surface area contributed by atoms with E-state index in [9.17, 15) is 0 Å². The number of nitrogens with two attached hydrogens (primary N) is 1. The normalized spacial score (nSPS) is 23.0. The van der Waals surface area contributed by atoms with Gasteiger partial charge in [0.2, 0.25) is 0 Å². The second-order valence-electron chi connectivity index (χ2n) is 4.27. The Morgan fingerprint density at radius 1 is 1.36 bits per heavy atom. The third-order valence-electron chi connectivity index (χ3n) is 2.89. The minimum atomic E-state index is 0.301. The first-order valence-corrected chi connectivity index (χ1v) is 5.35. The van der Waals surface area contributed by atoms with Gasteiger partial charge < -0.3 is 10.6 Å². The maximum Gasteiger partial charge on any atom is 0.0920 e. The van der Waals surface area contributed by atoms with Crippen LogP contribution in [0.5, 0.6) is 0 Å². The molecule has 1 saturated heterocycles. The van der Waals surface area contributed by atoms with Crippen molar-refractivity contribution in [3.63, 3.8) is 0 Å². The maximum absolute atomic E-state index is 7.28. The predicted molar refractivity (Wildman–Crippen MR) is 59.7 cm³/mol. The van der Waals surface area contributed by atoms with E-state index in [0.717, 1.165) is 19.6 Å². The smallest absolute Gasteiger partial charge is 0.0920 e. The second-order valence-corrected chi connectivity index (χ2v) is 4.27. The highest BCUT2D eigenvalue weighted by atomic mass is 15.2. The maximum atomic E-state index is 7.28. The molecule has 1 atom stereocenters. The molecule has 0 bridgehead atoms. The van der Waals surface area contributed by atoms with Gasteiger partial charge in [0.25, 0.3) is 0 Å². The number of nitrogens with zero attached hydrogens (tertiary/aromatic N) is 2. The molecule has 1 aliphatic heterocycles. The van der Waals surface area contributed by atoms with Crippen LogP contribution >= 0.6 is 0 Å². The first-order valence-electron chi connectivity index (χ1n) is 5.35. The Morgan fingerprint density at radius 2 is 2.07 bits per heavy atom. The quantitative estimate of drug-likeness (QED) is 0.508. The van der Waals surface area contributed by atoms with Gasteiger partial charge >= 0.3 is 0 Å². The van der Waals surface area contributed by atoms with Crippen molar-refractivity contribution in [1.29, 1.82) is 5.41 Å². The molecule has 0 radical (unpaired) electrons. The lowest BCUT2D eigenvalue weighted by molar-refractivity contribution is 0.219. The van der Waals surface area contributed by atoms with Gasteiger partial charge in [0.15, 0.2) is 0 Å². The molecule has 14 heavy (non-hydrogen) atoms. The Hall–Kier alpha value is -0.610. The fourth-order valence-corrected chi connectivity index (χ4v) is 1.95. The SMILES string of the molecule is CC(CC(=N)N)N1CCCN(C)CC1. The molecule has 3 N–H and O–H groups in total. The van der Waals surface area contributed by atoms with Gasteiger partial charge in [0, 0.05) is 25.6 Å². The van der Waals surface area contributed by atoms with Crippen LogP contribution in [0.4, 0.5) is 0 Å². The van der Waals surface area contributed by atoms with E-state index in [1.807, 2.05) is 0 Å². The lowest BCUT2D eigenvalue weighted by Gasteiger charge is -2.27. The third-order valence-corrected chi connectivity index (χ3v) is 2.89. The van der Waals surface area contributed by atoms with E-state index in [4.69, 9.17) is 11.1 Å². The number of hydrogen-bond acceptors (Lipinski definition) is 3. The van der Waals surface area contributed by atoms with E-state index < -0.39 is 0 Å². The highest BCUT2D eigenvalue weighted by molar-refractivity contribution is 5.77. The molecule has 0 saturated carbocycles. The van der Waals surface area contributed by atoms with E-state index in [0.29, 0.717) is 18.3 Å². The largest absolute Gasteiger partial charge is 0.388 e. The van der Waals surface area contributed by atoms with Crippen LogP contribution < -0.4 is 5.73 Å². The summed E-state index contributed by atoms with van der Waals surface area (Å²) in [7, 11) is 2.17. The van der Waals surface area contributed by atoms with Gasteiger partial charge in [-0.2, -0.15) is 0 Å². The molecule has 4 heteroatoms. The van der Waals surface area contributed by atoms with Crippen molar-refractivity contribution < 1.29 is 0 Å². The minimum absolute atomic E-state index is 0.301. The molecule has 1 fully saturated rings. The summed E-state index contributed by atoms with van der Waals surface area (Å²) in [4.78, 5) is 4.80. The van der Waals surface area contributed by atoms with Crippen molar-refractivity contribution in [2.45, 2.75) is 25.8 Å². The topological polar surface area (TPSA) is 56.4 Å². The summed E-state index contributed by atoms with van der Waals surface area (Å²) in [5, 5.41) is 7.28. The molecular formula is C10H22N4. The molecule has 0 aliphatic carbocycles. The number of hydrogen-bond donors (Lipinski definition) is 2. The fourth-order valence-electron chi connectivity index (χ4n) is 1.95. The van der Waals surface area contributed by atoms with Crippen molar-refractivity contribution in [3.05, 3.63) is 0 Å². The van der Waals surface area contributed by atoms with Gasteiger partial charge in [-0.05, 0) is 33.5 Å². The van der Waals surface area contributed by atoms with Crippen molar-refractivity contribution in [1.82, 2.24) is 9.80 Å². The Kier molecular flexibility index (Phi) is 4.35. The molecule has 82 valence electrons. The Labute approximate surface area is 86.6 Å². The van der Waals surface area contributed by atoms with Gasteiger partial charge in [-0.3, -0.25) is 10.3 Å². The van der Waals surface area contributed by atoms with Gasteiger partial charge in [0.1, 0.15) is 0 Å². The Morgan fingerprint density at radius 3 is 2.71 bits per heavy atom. The minimum Gasteiger partial charge on any atom is -0.388 e. The summed E-state index contributed by atoms with van der Waals surface area (Å²) in [6.45, 7) is 6.71. The molecule has 0 aromatic heterocycles. The molecule has 4 nitrogen and oxygen atoms in total. The zero-order valence-electron chi connectivity index (χ0n) is 9.29. The molecule has 1 rings (SSSR count). The summed E-state index contributed by atoms with van der Waals surface area (Å²) >= 11 is 0. The van der Waals surface area contributed by atoms with E-state index in [1.165, 1.54) is 13.0 Å². The molecule has 0 aromatic carbocycles. The van der Waals surface area contributed by atoms with Crippen LogP contribution in [-0.2, 0) is 0 Å². The number of rotatable bonds is 3. The average Bonchev–Trinajstić information content (AvgIpc) is 2.28. The summed E-state index contributed by atoms with van der Waals surface area (Å²) in [5.41, 5.74) is 5.41. The van der Waals surface area contributed by atoms with Crippen LogP contribution in [0.15, 0.2) is 0 Å². The number of nitrogens with one attached hydrogen (secondary N) is 1. The lowest BCUT2D eigenvalue weighted by Crippen LogP contribution is -2.38. The first kappa shape index (κ1) is 11.5. The standard InChI is InChI=1S/C10H22N4/c1-9(8-10(11)12)14-5-3-4-13(2)6-7-14/h9H,3-8H2,1-2H3,(H3,11,12). The first-order chi connectivity index (χ1) is 6.59. The van der Waals surface area contributed by atoms with Gasteiger partial charge in [-0.25, -0.2) is 0 Å².